The first-order valence-electron chi connectivity index (χ1n) is 8.03. The van der Waals surface area contributed by atoms with Crippen LogP contribution >= 0.6 is 0 Å². The van der Waals surface area contributed by atoms with E-state index in [4.69, 9.17) is 5.73 Å². The summed E-state index contributed by atoms with van der Waals surface area (Å²) >= 11 is 0. The number of para-hydroxylation sites is 1. The molecule has 4 heteroatoms. The quantitative estimate of drug-likeness (QED) is 0.719. The summed E-state index contributed by atoms with van der Waals surface area (Å²) < 4.78 is 0. The molecule has 0 spiro atoms. The third kappa shape index (κ3) is 4.46. The van der Waals surface area contributed by atoms with Crippen LogP contribution in [0.2, 0.25) is 0 Å². The van der Waals surface area contributed by atoms with Crippen molar-refractivity contribution in [3.63, 3.8) is 0 Å². The molecule has 0 radical (unpaired) electrons. The minimum Gasteiger partial charge on any atom is -0.371 e. The first-order chi connectivity index (χ1) is 10.2. The smallest absolute Gasteiger partial charge is 0.222 e. The normalized spacial score (nSPS) is 14.9. The minimum absolute atomic E-state index is 0.0704. The molecule has 0 saturated heterocycles. The van der Waals surface area contributed by atoms with Crippen LogP contribution in [0.25, 0.3) is 0 Å². The van der Waals surface area contributed by atoms with Gasteiger partial charge in [-0.05, 0) is 43.9 Å². The highest BCUT2D eigenvalue weighted by molar-refractivity contribution is 5.78. The second kappa shape index (κ2) is 8.03. The summed E-state index contributed by atoms with van der Waals surface area (Å²) in [7, 11) is 0. The second-order valence-corrected chi connectivity index (χ2v) is 5.84. The van der Waals surface area contributed by atoms with Gasteiger partial charge in [-0.3, -0.25) is 4.79 Å². The number of benzene rings is 1. The van der Waals surface area contributed by atoms with Gasteiger partial charge in [0.05, 0.1) is 0 Å². The minimum atomic E-state index is 0.0704. The topological polar surface area (TPSA) is 58.4 Å². The molecule has 3 N–H and O–H groups in total. The van der Waals surface area contributed by atoms with Gasteiger partial charge in [-0.1, -0.05) is 25.1 Å². The Kier molecular flexibility index (Phi) is 6.05. The molecule has 0 aliphatic carbocycles. The fourth-order valence-electron chi connectivity index (χ4n) is 2.85. The first kappa shape index (κ1) is 15.8. The number of hydrogen-bond donors (Lipinski definition) is 2. The number of hydrogen-bond acceptors (Lipinski definition) is 3. The molecule has 1 heterocycles. The number of nitrogens with one attached hydrogen (secondary N) is 1. The van der Waals surface area contributed by atoms with Crippen molar-refractivity contribution in [3.8, 4) is 0 Å². The molecule has 1 unspecified atom stereocenters. The fourth-order valence-corrected chi connectivity index (χ4v) is 2.85. The summed E-state index contributed by atoms with van der Waals surface area (Å²) in [6.07, 6.45) is 3.92. The highest BCUT2D eigenvalue weighted by atomic mass is 16.1. The van der Waals surface area contributed by atoms with Gasteiger partial charge >= 0.3 is 0 Å². The van der Waals surface area contributed by atoms with Crippen LogP contribution in [0, 0.1) is 5.92 Å². The molecule has 4 nitrogen and oxygen atoms in total. The summed E-state index contributed by atoms with van der Waals surface area (Å²) in [6.45, 7) is 5.49. The summed E-state index contributed by atoms with van der Waals surface area (Å²) in [6, 6.07) is 8.59. The van der Waals surface area contributed by atoms with Gasteiger partial charge in [0, 0.05) is 31.2 Å². The Hall–Kier alpha value is -1.55. The van der Waals surface area contributed by atoms with Crippen molar-refractivity contribution in [2.75, 3.05) is 31.1 Å². The van der Waals surface area contributed by atoms with E-state index in [1.807, 2.05) is 6.92 Å². The summed E-state index contributed by atoms with van der Waals surface area (Å²) in [5.41, 5.74) is 8.27. The predicted octanol–water partition coefficient (Wildman–Crippen LogP) is 1.93. The third-order valence-corrected chi connectivity index (χ3v) is 4.18. The van der Waals surface area contributed by atoms with E-state index >= 15 is 0 Å². The molecule has 1 aliphatic rings. The molecule has 0 fully saturated rings. The Balaban J connectivity index is 1.66. The Bertz CT molecular complexity index is 461. The number of carbonyl (C=O) groups excluding carboxylic acids is 1. The molecule has 21 heavy (non-hydrogen) atoms. The molecule has 1 aromatic rings. The van der Waals surface area contributed by atoms with Crippen LogP contribution in [0.5, 0.6) is 0 Å². The van der Waals surface area contributed by atoms with E-state index in [1.165, 1.54) is 11.3 Å². The molecular formula is C17H27N3O. The summed E-state index contributed by atoms with van der Waals surface area (Å²) in [5, 5.41) is 3.03. The van der Waals surface area contributed by atoms with Gasteiger partial charge in [-0.2, -0.15) is 0 Å². The number of amides is 1. The largest absolute Gasteiger partial charge is 0.371 e. The highest BCUT2D eigenvalue weighted by Gasteiger charge is 2.17. The van der Waals surface area contributed by atoms with Crippen LogP contribution < -0.4 is 16.0 Å². The van der Waals surface area contributed by atoms with Crippen molar-refractivity contribution in [3.05, 3.63) is 29.8 Å². The third-order valence-electron chi connectivity index (χ3n) is 4.18. The molecule has 1 atom stereocenters. The number of nitrogens with zero attached hydrogens (tertiary/aromatic N) is 1. The molecule has 1 amide bonds. The molecule has 0 saturated carbocycles. The average molecular weight is 289 g/mol. The van der Waals surface area contributed by atoms with Crippen molar-refractivity contribution in [2.45, 2.75) is 32.6 Å². The predicted molar refractivity (Wildman–Crippen MR) is 87.4 cm³/mol. The van der Waals surface area contributed by atoms with E-state index in [-0.39, 0.29) is 11.8 Å². The average Bonchev–Trinajstić information content (AvgIpc) is 2.92. The SMILES string of the molecule is CC(CCCN)C(=O)NCCCN1CCc2ccccc21. The van der Waals surface area contributed by atoms with E-state index in [0.29, 0.717) is 6.54 Å². The molecule has 1 aliphatic heterocycles. The molecule has 0 bridgehead atoms. The fraction of sp³-hybridized carbons (Fsp3) is 0.588. The van der Waals surface area contributed by atoms with Gasteiger partial charge in [-0.25, -0.2) is 0 Å². The zero-order valence-electron chi connectivity index (χ0n) is 13.0. The molecule has 1 aromatic carbocycles. The number of carbonyl (C=O) groups is 1. The summed E-state index contributed by atoms with van der Waals surface area (Å²) in [5.74, 6) is 0.228. The van der Waals surface area contributed by atoms with Crippen molar-refractivity contribution in [2.24, 2.45) is 11.7 Å². The standard InChI is InChI=1S/C17H27N3O/c1-14(6-4-10-18)17(21)19-11-5-12-20-13-9-15-7-2-3-8-16(15)20/h2-3,7-8,14H,4-6,9-13,18H2,1H3,(H,19,21). The number of nitrogens with two attached hydrogens (primary N) is 1. The summed E-state index contributed by atoms with van der Waals surface area (Å²) in [4.78, 5) is 14.3. The van der Waals surface area contributed by atoms with Crippen LogP contribution in [-0.4, -0.2) is 32.1 Å². The van der Waals surface area contributed by atoms with Crippen molar-refractivity contribution >= 4 is 11.6 Å². The molecule has 0 aromatic heterocycles. The monoisotopic (exact) mass is 289 g/mol. The zero-order valence-corrected chi connectivity index (χ0v) is 13.0. The maximum Gasteiger partial charge on any atom is 0.222 e. The Morgan fingerprint density at radius 1 is 1.38 bits per heavy atom. The highest BCUT2D eigenvalue weighted by Crippen LogP contribution is 2.27. The van der Waals surface area contributed by atoms with Gasteiger partial charge in [-0.15, -0.1) is 0 Å². The van der Waals surface area contributed by atoms with Gasteiger partial charge in [0.2, 0.25) is 5.91 Å². The van der Waals surface area contributed by atoms with E-state index < -0.39 is 0 Å². The first-order valence-corrected chi connectivity index (χ1v) is 8.03. The van der Waals surface area contributed by atoms with Gasteiger partial charge < -0.3 is 16.0 Å². The van der Waals surface area contributed by atoms with E-state index in [9.17, 15) is 4.79 Å². The van der Waals surface area contributed by atoms with Crippen LogP contribution in [0.3, 0.4) is 0 Å². The van der Waals surface area contributed by atoms with E-state index in [1.54, 1.807) is 0 Å². The lowest BCUT2D eigenvalue weighted by molar-refractivity contribution is -0.124. The Morgan fingerprint density at radius 2 is 2.19 bits per heavy atom. The Labute approximate surface area is 127 Å². The van der Waals surface area contributed by atoms with Crippen LogP contribution in [-0.2, 0) is 11.2 Å². The van der Waals surface area contributed by atoms with Crippen LogP contribution in [0.1, 0.15) is 31.7 Å². The second-order valence-electron chi connectivity index (χ2n) is 5.84. The molecular weight excluding hydrogens is 262 g/mol. The van der Waals surface area contributed by atoms with E-state index in [2.05, 4.69) is 34.5 Å². The van der Waals surface area contributed by atoms with Crippen molar-refractivity contribution < 1.29 is 4.79 Å². The van der Waals surface area contributed by atoms with Crippen molar-refractivity contribution in [1.82, 2.24) is 5.32 Å². The van der Waals surface area contributed by atoms with Crippen LogP contribution in [0.15, 0.2) is 24.3 Å². The molecule has 116 valence electrons. The lowest BCUT2D eigenvalue weighted by Gasteiger charge is -2.19. The maximum absolute atomic E-state index is 11.9. The van der Waals surface area contributed by atoms with Gasteiger partial charge in [0.25, 0.3) is 0 Å². The lowest BCUT2D eigenvalue weighted by atomic mass is 10.1. The van der Waals surface area contributed by atoms with Crippen LogP contribution in [0.4, 0.5) is 5.69 Å². The number of rotatable bonds is 8. The zero-order chi connectivity index (χ0) is 15.1. The number of fused-ring (bicyclic) bond motifs is 1. The van der Waals surface area contributed by atoms with E-state index in [0.717, 1.165) is 45.3 Å². The van der Waals surface area contributed by atoms with Crippen molar-refractivity contribution in [1.29, 1.82) is 0 Å². The van der Waals surface area contributed by atoms with Gasteiger partial charge in [0.15, 0.2) is 0 Å². The number of anilines is 1. The van der Waals surface area contributed by atoms with Gasteiger partial charge in [0.1, 0.15) is 0 Å². The lowest BCUT2D eigenvalue weighted by Crippen LogP contribution is -2.32. The Morgan fingerprint density at radius 3 is 3.00 bits per heavy atom. The molecule has 2 rings (SSSR count). The maximum atomic E-state index is 11.9.